The molecule has 1 amide bonds. The van der Waals surface area contributed by atoms with Crippen molar-refractivity contribution in [1.29, 1.82) is 5.41 Å². The summed E-state index contributed by atoms with van der Waals surface area (Å²) in [6, 6.07) is 13.4. The van der Waals surface area contributed by atoms with Crippen molar-refractivity contribution >= 4 is 50.0 Å². The highest BCUT2D eigenvalue weighted by molar-refractivity contribution is 6.24. The topological polar surface area (TPSA) is 140 Å². The zero-order valence-electron chi connectivity index (χ0n) is 22.5. The summed E-state index contributed by atoms with van der Waals surface area (Å²) in [7, 11) is 1.56. The van der Waals surface area contributed by atoms with E-state index in [1.807, 2.05) is 42.5 Å². The van der Waals surface area contributed by atoms with Crippen LogP contribution in [0.2, 0.25) is 0 Å². The fourth-order valence-electron chi connectivity index (χ4n) is 5.46. The number of para-hydroxylation sites is 1. The lowest BCUT2D eigenvalue weighted by atomic mass is 9.97. The minimum atomic E-state index is -0.222. The largest absolute Gasteiger partial charge is 0.512 e. The molecule has 0 saturated carbocycles. The fourth-order valence-corrected chi connectivity index (χ4v) is 5.46. The third kappa shape index (κ3) is 4.22. The van der Waals surface area contributed by atoms with Gasteiger partial charge in [-0.05, 0) is 38.1 Å². The highest BCUT2D eigenvalue weighted by Crippen LogP contribution is 2.40. The molecule has 0 aliphatic carbocycles. The van der Waals surface area contributed by atoms with Gasteiger partial charge >= 0.3 is 0 Å². The number of carbonyl (C=O) groups is 1. The number of pyridine rings is 1. The molecule has 1 aliphatic rings. The Morgan fingerprint density at radius 1 is 1.07 bits per heavy atom. The number of allylic oxidation sites excluding steroid dienone is 2. The van der Waals surface area contributed by atoms with Crippen molar-refractivity contribution in [3.63, 3.8) is 0 Å². The highest BCUT2D eigenvalue weighted by atomic mass is 16.5. The molecule has 10 nitrogen and oxygen atoms in total. The number of aromatic nitrogens is 4. The van der Waals surface area contributed by atoms with Gasteiger partial charge in [0.15, 0.2) is 0 Å². The number of hydrogen-bond acceptors (Lipinski definition) is 8. The number of rotatable bonds is 5. The molecule has 0 bridgehead atoms. The summed E-state index contributed by atoms with van der Waals surface area (Å²) in [5.41, 5.74) is 4.66. The first-order valence-corrected chi connectivity index (χ1v) is 13.1. The quantitative estimate of drug-likeness (QED) is 0.189. The van der Waals surface area contributed by atoms with E-state index in [1.54, 1.807) is 32.1 Å². The minimum Gasteiger partial charge on any atom is -0.512 e. The van der Waals surface area contributed by atoms with Gasteiger partial charge in [-0.3, -0.25) is 9.78 Å². The Balaban J connectivity index is 1.68. The molecule has 10 heteroatoms. The van der Waals surface area contributed by atoms with Crippen molar-refractivity contribution < 1.29 is 14.6 Å². The molecule has 40 heavy (non-hydrogen) atoms. The highest BCUT2D eigenvalue weighted by Gasteiger charge is 2.26. The number of aliphatic hydroxyl groups is 1. The maximum Gasteiger partial charge on any atom is 0.291 e. The first-order valence-electron chi connectivity index (χ1n) is 13.1. The standard InChI is InChI=1S/C30H29N7O3/c1-16(31)25(17(2)38)21-14-23-20(15-24(21)40-3)26-27(19-8-9-33-22-7-5-4-6-18(19)22)35-29(36-28(26)34-23)30(39)37-12-10-32-11-13-37/h4-9,14-15,31-32,38H,10-13H2,1-3H3,(H,34,35,36)/b25-17+,31-16?. The van der Waals surface area contributed by atoms with Crippen LogP contribution < -0.4 is 10.1 Å². The van der Waals surface area contributed by atoms with Crippen LogP contribution in [0.5, 0.6) is 5.75 Å². The van der Waals surface area contributed by atoms with Crippen LogP contribution in [0.25, 0.3) is 49.7 Å². The molecule has 4 N–H and O–H groups in total. The molecule has 5 aromatic rings. The number of fused-ring (bicyclic) bond motifs is 4. The maximum absolute atomic E-state index is 13.6. The number of benzene rings is 2. The minimum absolute atomic E-state index is 0.0221. The molecule has 1 fully saturated rings. The molecular formula is C30H29N7O3. The van der Waals surface area contributed by atoms with Crippen LogP contribution in [0.1, 0.15) is 30.0 Å². The van der Waals surface area contributed by atoms with Gasteiger partial charge in [-0.1, -0.05) is 18.2 Å². The van der Waals surface area contributed by atoms with Crippen LogP contribution in [-0.2, 0) is 0 Å². The number of ether oxygens (including phenoxy) is 1. The third-order valence-electron chi connectivity index (χ3n) is 7.28. The summed E-state index contributed by atoms with van der Waals surface area (Å²) >= 11 is 0. The molecular weight excluding hydrogens is 506 g/mol. The average molecular weight is 536 g/mol. The number of aromatic amines is 1. The average Bonchev–Trinajstić information content (AvgIpc) is 3.33. The summed E-state index contributed by atoms with van der Waals surface area (Å²) in [6.45, 7) is 5.78. The molecule has 202 valence electrons. The number of amides is 1. The second-order valence-corrected chi connectivity index (χ2v) is 9.85. The van der Waals surface area contributed by atoms with Gasteiger partial charge in [-0.25, -0.2) is 9.97 Å². The van der Waals surface area contributed by atoms with Gasteiger partial charge in [0.25, 0.3) is 5.91 Å². The Kier molecular flexibility index (Phi) is 6.39. The number of aliphatic hydroxyl groups excluding tert-OH is 1. The fraction of sp³-hybridized carbons (Fsp3) is 0.233. The van der Waals surface area contributed by atoms with Gasteiger partial charge in [0, 0.05) is 71.1 Å². The summed E-state index contributed by atoms with van der Waals surface area (Å²) in [4.78, 5) is 32.8. The molecule has 3 aromatic heterocycles. The van der Waals surface area contributed by atoms with E-state index in [0.29, 0.717) is 46.8 Å². The van der Waals surface area contributed by atoms with E-state index in [9.17, 15) is 9.90 Å². The third-order valence-corrected chi connectivity index (χ3v) is 7.28. The van der Waals surface area contributed by atoms with Gasteiger partial charge in [-0.15, -0.1) is 0 Å². The maximum atomic E-state index is 13.6. The number of nitrogens with one attached hydrogen (secondary N) is 3. The van der Waals surface area contributed by atoms with Crippen LogP contribution >= 0.6 is 0 Å². The lowest BCUT2D eigenvalue weighted by molar-refractivity contribution is 0.0724. The molecule has 1 saturated heterocycles. The van der Waals surface area contributed by atoms with Crippen molar-refractivity contribution in [1.82, 2.24) is 30.2 Å². The Morgan fingerprint density at radius 2 is 1.85 bits per heavy atom. The molecule has 0 unspecified atom stereocenters. The van der Waals surface area contributed by atoms with Crippen LogP contribution in [0.4, 0.5) is 0 Å². The first-order chi connectivity index (χ1) is 19.4. The summed E-state index contributed by atoms with van der Waals surface area (Å²) < 4.78 is 5.74. The Morgan fingerprint density at radius 3 is 2.58 bits per heavy atom. The van der Waals surface area contributed by atoms with E-state index in [2.05, 4.69) is 15.3 Å². The van der Waals surface area contributed by atoms with E-state index < -0.39 is 0 Å². The van der Waals surface area contributed by atoms with Crippen LogP contribution in [0.3, 0.4) is 0 Å². The van der Waals surface area contributed by atoms with Gasteiger partial charge < -0.3 is 30.5 Å². The van der Waals surface area contributed by atoms with E-state index in [0.717, 1.165) is 40.3 Å². The number of methoxy groups -OCH3 is 1. The Bertz CT molecular complexity index is 1840. The van der Waals surface area contributed by atoms with Crippen molar-refractivity contribution in [3.8, 4) is 17.0 Å². The smallest absolute Gasteiger partial charge is 0.291 e. The zero-order valence-corrected chi connectivity index (χ0v) is 22.5. The first kappa shape index (κ1) is 25.4. The number of nitrogens with zero attached hydrogens (tertiary/aromatic N) is 4. The van der Waals surface area contributed by atoms with Gasteiger partial charge in [0.1, 0.15) is 11.4 Å². The normalized spacial score (nSPS) is 14.5. The Labute approximate surface area is 230 Å². The second-order valence-electron chi connectivity index (χ2n) is 9.85. The van der Waals surface area contributed by atoms with Crippen molar-refractivity contribution in [3.05, 3.63) is 65.8 Å². The number of carbonyl (C=O) groups excluding carboxylic acids is 1. The molecule has 0 spiro atoms. The Hall–Kier alpha value is -4.83. The van der Waals surface area contributed by atoms with Crippen molar-refractivity contribution in [2.75, 3.05) is 33.3 Å². The number of piperazine rings is 1. The molecule has 2 aromatic carbocycles. The lowest BCUT2D eigenvalue weighted by Gasteiger charge is -2.26. The van der Waals surface area contributed by atoms with E-state index in [4.69, 9.17) is 20.1 Å². The van der Waals surface area contributed by atoms with Gasteiger partial charge in [0.2, 0.25) is 5.82 Å². The monoisotopic (exact) mass is 535 g/mol. The number of hydrogen-bond donors (Lipinski definition) is 4. The van der Waals surface area contributed by atoms with Gasteiger partial charge in [-0.2, -0.15) is 0 Å². The van der Waals surface area contributed by atoms with E-state index in [1.165, 1.54) is 0 Å². The SMILES string of the molecule is COc1cc2c(cc1/C(C(C)=N)=C(\C)O)[nH]c1nc(C(=O)N3CCNCC3)nc(-c3ccnc4ccccc34)c12. The lowest BCUT2D eigenvalue weighted by Crippen LogP contribution is -2.46. The predicted molar refractivity (Wildman–Crippen MR) is 156 cm³/mol. The molecule has 0 radical (unpaired) electrons. The summed E-state index contributed by atoms with van der Waals surface area (Å²) in [6.07, 6.45) is 1.74. The van der Waals surface area contributed by atoms with E-state index in [-0.39, 0.29) is 23.2 Å². The molecule has 6 rings (SSSR count). The zero-order chi connectivity index (χ0) is 28.0. The second kappa shape index (κ2) is 10.0. The van der Waals surface area contributed by atoms with Crippen LogP contribution in [0, 0.1) is 5.41 Å². The molecule has 1 aliphatic heterocycles. The summed E-state index contributed by atoms with van der Waals surface area (Å²) in [5.74, 6) is 0.412. The van der Waals surface area contributed by atoms with Crippen molar-refractivity contribution in [2.45, 2.75) is 13.8 Å². The number of H-pyrrole nitrogens is 1. The molecule has 0 atom stereocenters. The van der Waals surface area contributed by atoms with Crippen LogP contribution in [-0.4, -0.2) is 74.9 Å². The summed E-state index contributed by atoms with van der Waals surface area (Å²) in [5, 5.41) is 24.3. The van der Waals surface area contributed by atoms with Crippen LogP contribution in [0.15, 0.2) is 54.4 Å². The van der Waals surface area contributed by atoms with Gasteiger partial charge in [0.05, 0.1) is 29.5 Å². The predicted octanol–water partition coefficient (Wildman–Crippen LogP) is 4.71. The molecule has 4 heterocycles. The van der Waals surface area contributed by atoms with E-state index >= 15 is 0 Å². The van der Waals surface area contributed by atoms with Crippen molar-refractivity contribution in [2.24, 2.45) is 0 Å².